The summed E-state index contributed by atoms with van der Waals surface area (Å²) in [5.41, 5.74) is 0. The zero-order valence-corrected chi connectivity index (χ0v) is 24.6. The van der Waals surface area contributed by atoms with Crippen LogP contribution in [0.2, 0.25) is 58.9 Å². The normalized spacial score (nSPS) is 29.9. The second-order valence-corrected chi connectivity index (χ2v) is 27.7. The molecule has 7 nitrogen and oxygen atoms in total. The van der Waals surface area contributed by atoms with Crippen molar-refractivity contribution < 1.29 is 31.8 Å². The standard InChI is InChI=1S/C16H37Cl2O7PSi3/c1-20-16-15(25-29(8,9)10)14(24-28(5,6)7)13(23-27(2,3)4)12(22-16)11-21-26(17,18)19/h12-16H,11H2,1-10H3/t12-,13-,14+,15-,16+/m1/s1. The van der Waals surface area contributed by atoms with Crippen LogP contribution in [0.15, 0.2) is 0 Å². The predicted molar refractivity (Wildman–Crippen MR) is 126 cm³/mol. The van der Waals surface area contributed by atoms with Gasteiger partial charge in [-0.3, -0.25) is 4.57 Å². The first-order valence-electron chi connectivity index (χ1n) is 9.67. The summed E-state index contributed by atoms with van der Waals surface area (Å²) < 4.78 is 48.2. The fourth-order valence-corrected chi connectivity index (χ4v) is 6.90. The van der Waals surface area contributed by atoms with Crippen LogP contribution in [0.4, 0.5) is 0 Å². The summed E-state index contributed by atoms with van der Waals surface area (Å²) in [6.45, 7) is 18.8. The van der Waals surface area contributed by atoms with E-state index in [0.717, 1.165) is 0 Å². The van der Waals surface area contributed by atoms with E-state index in [-0.39, 0.29) is 6.61 Å². The van der Waals surface area contributed by atoms with Gasteiger partial charge >= 0.3 is 6.07 Å². The molecule has 0 N–H and O–H groups in total. The highest BCUT2D eigenvalue weighted by molar-refractivity contribution is 8.05. The van der Waals surface area contributed by atoms with Crippen molar-refractivity contribution in [3.63, 3.8) is 0 Å². The topological polar surface area (TPSA) is 72.5 Å². The minimum Gasteiger partial charge on any atom is -0.409 e. The van der Waals surface area contributed by atoms with Crippen molar-refractivity contribution >= 4 is 53.5 Å². The molecule has 5 atom stereocenters. The molecule has 0 aromatic heterocycles. The summed E-state index contributed by atoms with van der Waals surface area (Å²) in [6, 6.07) is 0. The largest absolute Gasteiger partial charge is 0.409 e. The molecule has 0 aliphatic carbocycles. The lowest BCUT2D eigenvalue weighted by Crippen LogP contribution is -2.66. The van der Waals surface area contributed by atoms with Gasteiger partial charge in [-0.25, -0.2) is 0 Å². The lowest BCUT2D eigenvalue weighted by atomic mass is 9.99. The maximum absolute atomic E-state index is 11.7. The number of hydrogen-bond acceptors (Lipinski definition) is 7. The van der Waals surface area contributed by atoms with Crippen LogP contribution >= 0.6 is 28.6 Å². The Morgan fingerprint density at radius 3 is 1.59 bits per heavy atom. The van der Waals surface area contributed by atoms with Gasteiger partial charge in [-0.1, -0.05) is 0 Å². The number of ether oxygens (including phenoxy) is 2. The Hall–Kier alpha value is 1.22. The Morgan fingerprint density at radius 2 is 1.21 bits per heavy atom. The van der Waals surface area contributed by atoms with Crippen molar-refractivity contribution in [2.75, 3.05) is 13.7 Å². The third kappa shape index (κ3) is 11.1. The second-order valence-electron chi connectivity index (χ2n) is 10.1. The molecule has 13 heteroatoms. The Labute approximate surface area is 188 Å². The van der Waals surface area contributed by atoms with Gasteiger partial charge in [0.2, 0.25) is 0 Å². The highest BCUT2D eigenvalue weighted by Crippen LogP contribution is 2.57. The molecule has 1 aliphatic rings. The molecule has 0 spiro atoms. The Bertz CT molecular complexity index is 574. The Morgan fingerprint density at radius 1 is 0.793 bits per heavy atom. The monoisotopic (exact) mass is 526 g/mol. The van der Waals surface area contributed by atoms with Gasteiger partial charge in [-0.15, -0.1) is 0 Å². The van der Waals surface area contributed by atoms with E-state index < -0.39 is 61.7 Å². The second kappa shape index (κ2) is 10.4. The van der Waals surface area contributed by atoms with Gasteiger partial charge in [0.15, 0.2) is 31.2 Å². The fraction of sp³-hybridized carbons (Fsp3) is 1.00. The molecule has 0 radical (unpaired) electrons. The van der Waals surface area contributed by atoms with Crippen LogP contribution in [0.25, 0.3) is 0 Å². The molecular formula is C16H37Cl2O7PSi3. The van der Waals surface area contributed by atoms with Crippen molar-refractivity contribution in [3.8, 4) is 0 Å². The van der Waals surface area contributed by atoms with Crippen molar-refractivity contribution in [3.05, 3.63) is 0 Å². The van der Waals surface area contributed by atoms with Crippen LogP contribution in [-0.2, 0) is 31.8 Å². The van der Waals surface area contributed by atoms with Crippen molar-refractivity contribution in [2.45, 2.75) is 89.6 Å². The maximum atomic E-state index is 11.7. The summed E-state index contributed by atoms with van der Waals surface area (Å²) in [6.07, 6.45) is -6.44. The molecule has 0 aromatic rings. The van der Waals surface area contributed by atoms with Gasteiger partial charge in [-0.2, -0.15) is 0 Å². The van der Waals surface area contributed by atoms with Crippen LogP contribution in [0.1, 0.15) is 0 Å². The fourth-order valence-electron chi connectivity index (χ4n) is 2.99. The molecule has 0 amide bonds. The van der Waals surface area contributed by atoms with Crippen LogP contribution in [0.5, 0.6) is 0 Å². The summed E-state index contributed by atoms with van der Waals surface area (Å²) in [7, 11) is -4.42. The lowest BCUT2D eigenvalue weighted by molar-refractivity contribution is -0.282. The summed E-state index contributed by atoms with van der Waals surface area (Å²) in [4.78, 5) is 0. The average Bonchev–Trinajstić information content (AvgIpc) is 2.44. The highest BCUT2D eigenvalue weighted by Gasteiger charge is 2.52. The third-order valence-electron chi connectivity index (χ3n) is 3.68. The minimum absolute atomic E-state index is 0.107. The number of rotatable bonds is 10. The molecule has 0 unspecified atom stereocenters. The van der Waals surface area contributed by atoms with E-state index in [1.165, 1.54) is 0 Å². The maximum Gasteiger partial charge on any atom is 0.380 e. The predicted octanol–water partition coefficient (Wildman–Crippen LogP) is 5.62. The highest BCUT2D eigenvalue weighted by atomic mass is 35.9. The van der Waals surface area contributed by atoms with Gasteiger partial charge in [0.25, 0.3) is 0 Å². The van der Waals surface area contributed by atoms with Crippen molar-refractivity contribution in [1.82, 2.24) is 0 Å². The quantitative estimate of drug-likeness (QED) is 0.270. The van der Waals surface area contributed by atoms with E-state index in [0.29, 0.717) is 0 Å². The smallest absolute Gasteiger partial charge is 0.380 e. The number of halogens is 2. The van der Waals surface area contributed by atoms with Gasteiger partial charge in [0.1, 0.15) is 24.4 Å². The van der Waals surface area contributed by atoms with E-state index in [1.807, 2.05) is 0 Å². The first kappa shape index (κ1) is 28.3. The molecule has 174 valence electrons. The van der Waals surface area contributed by atoms with Gasteiger partial charge < -0.3 is 27.3 Å². The molecular weight excluding hydrogens is 490 g/mol. The first-order valence-corrected chi connectivity index (χ1v) is 23.3. The van der Waals surface area contributed by atoms with E-state index in [9.17, 15) is 4.57 Å². The van der Waals surface area contributed by atoms with E-state index in [2.05, 4.69) is 58.9 Å². The number of methoxy groups -OCH3 is 1. The molecule has 0 saturated carbocycles. The molecule has 0 aromatic carbocycles. The summed E-state index contributed by atoms with van der Waals surface area (Å²) >= 11 is 11.2. The first-order chi connectivity index (χ1) is 12.8. The van der Waals surface area contributed by atoms with Crippen molar-refractivity contribution in [2.24, 2.45) is 0 Å². The zero-order valence-electron chi connectivity index (χ0n) is 19.2. The SMILES string of the molecule is CO[C@H]1O[C@H](COP(=O)(Cl)Cl)[C@@H](O[Si](C)(C)C)[C@H](O[Si](C)(C)C)[C@H]1O[Si](C)(C)C. The molecule has 1 aliphatic heterocycles. The molecule has 1 saturated heterocycles. The van der Waals surface area contributed by atoms with Crippen molar-refractivity contribution in [1.29, 1.82) is 0 Å². The van der Waals surface area contributed by atoms with Crippen LogP contribution in [0, 0.1) is 0 Å². The van der Waals surface area contributed by atoms with Gasteiger partial charge in [0, 0.05) is 7.11 Å². The van der Waals surface area contributed by atoms with Crippen LogP contribution in [-0.4, -0.2) is 69.4 Å². The third-order valence-corrected chi connectivity index (χ3v) is 7.65. The van der Waals surface area contributed by atoms with E-state index in [1.54, 1.807) is 7.11 Å². The summed E-state index contributed by atoms with van der Waals surface area (Å²) in [5.74, 6) is 0. The average molecular weight is 528 g/mol. The molecule has 29 heavy (non-hydrogen) atoms. The lowest BCUT2D eigenvalue weighted by Gasteiger charge is -2.50. The Kier molecular flexibility index (Phi) is 10.2. The minimum atomic E-state index is -3.72. The molecule has 1 fully saturated rings. The van der Waals surface area contributed by atoms with Crippen LogP contribution < -0.4 is 0 Å². The molecule has 1 rings (SSSR count). The Balaban J connectivity index is 3.36. The van der Waals surface area contributed by atoms with Gasteiger partial charge in [0.05, 0.1) is 6.61 Å². The van der Waals surface area contributed by atoms with E-state index in [4.69, 9.17) is 49.8 Å². The number of hydrogen-bond donors (Lipinski definition) is 0. The van der Waals surface area contributed by atoms with Gasteiger partial charge in [-0.05, 0) is 81.4 Å². The van der Waals surface area contributed by atoms with Crippen LogP contribution in [0.3, 0.4) is 0 Å². The zero-order chi connectivity index (χ0) is 22.8. The molecule has 1 heterocycles. The van der Waals surface area contributed by atoms with E-state index >= 15 is 0 Å². The molecule has 0 bridgehead atoms. The summed E-state index contributed by atoms with van der Waals surface area (Å²) in [5, 5.41) is 0.